The molecule has 0 aliphatic carbocycles. The normalized spacial score (nSPS) is 13.1. The van der Waals surface area contributed by atoms with Gasteiger partial charge in [0.15, 0.2) is 0 Å². The van der Waals surface area contributed by atoms with Crippen molar-refractivity contribution in [1.29, 1.82) is 0 Å². The molecule has 0 aliphatic rings. The minimum Gasteiger partial charge on any atom is -0.315 e. The van der Waals surface area contributed by atoms with Crippen LogP contribution in [-0.4, -0.2) is 27.3 Å². The van der Waals surface area contributed by atoms with Crippen LogP contribution in [0.4, 0.5) is 0 Å². The molecule has 1 unspecified atom stereocenters. The first-order valence-corrected chi connectivity index (χ1v) is 5.46. The lowest BCUT2D eigenvalue weighted by atomic mass is 10.2. The van der Waals surface area contributed by atoms with Gasteiger partial charge in [-0.3, -0.25) is 4.79 Å². The fraction of sp³-hybridized carbons (Fsp3) is 0.455. The molecule has 0 saturated carbocycles. The lowest BCUT2D eigenvalue weighted by Crippen LogP contribution is -2.34. The second kappa shape index (κ2) is 4.49. The number of nitrogens with one attached hydrogen (secondary N) is 1. The Bertz CT molecular complexity index is 524. The van der Waals surface area contributed by atoms with Gasteiger partial charge in [-0.15, -0.1) is 0 Å². The van der Waals surface area contributed by atoms with E-state index in [9.17, 15) is 4.79 Å². The molecule has 2 rings (SSSR count). The summed E-state index contributed by atoms with van der Waals surface area (Å²) in [6, 6.07) is 2.06. The molecule has 0 fully saturated rings. The summed E-state index contributed by atoms with van der Waals surface area (Å²) in [7, 11) is 1.91. The Labute approximate surface area is 93.7 Å². The van der Waals surface area contributed by atoms with Gasteiger partial charge in [0.05, 0.1) is 6.20 Å². The van der Waals surface area contributed by atoms with Crippen molar-refractivity contribution in [3.8, 4) is 0 Å². The van der Waals surface area contributed by atoms with E-state index >= 15 is 0 Å². The molecule has 2 heterocycles. The van der Waals surface area contributed by atoms with Crippen molar-refractivity contribution in [2.75, 3.05) is 7.05 Å². The van der Waals surface area contributed by atoms with Gasteiger partial charge in [-0.2, -0.15) is 5.10 Å². The van der Waals surface area contributed by atoms with Crippen LogP contribution in [0.2, 0.25) is 0 Å². The van der Waals surface area contributed by atoms with Crippen molar-refractivity contribution < 1.29 is 0 Å². The first-order chi connectivity index (χ1) is 7.76. The molecular weight excluding hydrogens is 204 g/mol. The van der Waals surface area contributed by atoms with Gasteiger partial charge in [-0.25, -0.2) is 4.52 Å². The molecule has 0 saturated heterocycles. The van der Waals surface area contributed by atoms with E-state index in [0.29, 0.717) is 18.1 Å². The average Bonchev–Trinajstić information content (AvgIpc) is 2.77. The summed E-state index contributed by atoms with van der Waals surface area (Å²) in [4.78, 5) is 12.0. The number of rotatable bonds is 4. The molecule has 0 radical (unpaired) electrons. The van der Waals surface area contributed by atoms with E-state index < -0.39 is 0 Å². The van der Waals surface area contributed by atoms with Crippen molar-refractivity contribution >= 4 is 5.52 Å². The van der Waals surface area contributed by atoms with E-state index in [1.165, 1.54) is 0 Å². The fourth-order valence-corrected chi connectivity index (χ4v) is 1.77. The van der Waals surface area contributed by atoms with Crippen LogP contribution in [0.15, 0.2) is 29.5 Å². The quantitative estimate of drug-likeness (QED) is 0.816. The van der Waals surface area contributed by atoms with Crippen LogP contribution in [0.1, 0.15) is 13.3 Å². The topological polar surface area (TPSA) is 51.3 Å². The molecule has 0 amide bonds. The van der Waals surface area contributed by atoms with Crippen LogP contribution >= 0.6 is 0 Å². The average molecular weight is 220 g/mol. The maximum Gasteiger partial charge on any atom is 0.276 e. The molecule has 2 aromatic heterocycles. The van der Waals surface area contributed by atoms with Crippen LogP contribution < -0.4 is 10.9 Å². The monoisotopic (exact) mass is 220 g/mol. The maximum absolute atomic E-state index is 12.0. The molecule has 16 heavy (non-hydrogen) atoms. The third-order valence-corrected chi connectivity index (χ3v) is 2.86. The largest absolute Gasteiger partial charge is 0.315 e. The molecule has 0 aromatic carbocycles. The zero-order chi connectivity index (χ0) is 11.5. The van der Waals surface area contributed by atoms with E-state index in [0.717, 1.165) is 6.42 Å². The van der Waals surface area contributed by atoms with E-state index in [1.54, 1.807) is 33.7 Å². The molecule has 86 valence electrons. The second-order valence-electron chi connectivity index (χ2n) is 3.81. The van der Waals surface area contributed by atoms with Crippen molar-refractivity contribution in [2.24, 2.45) is 0 Å². The molecule has 5 heteroatoms. The van der Waals surface area contributed by atoms with Crippen molar-refractivity contribution in [2.45, 2.75) is 25.9 Å². The number of hydrogen-bond donors (Lipinski definition) is 1. The number of likely N-dealkylation sites (N-methyl/N-ethyl adjacent to an activating group) is 1. The lowest BCUT2D eigenvalue weighted by molar-refractivity contribution is 0.461. The Morgan fingerprint density at radius 3 is 3.00 bits per heavy atom. The van der Waals surface area contributed by atoms with Crippen LogP contribution in [0.25, 0.3) is 5.52 Å². The zero-order valence-electron chi connectivity index (χ0n) is 9.55. The summed E-state index contributed by atoms with van der Waals surface area (Å²) in [5.74, 6) is 0. The summed E-state index contributed by atoms with van der Waals surface area (Å²) in [5.41, 5.74) is 0.627. The van der Waals surface area contributed by atoms with Gasteiger partial charge in [0, 0.05) is 25.0 Å². The molecule has 0 spiro atoms. The predicted molar refractivity (Wildman–Crippen MR) is 62.6 cm³/mol. The molecular formula is C11H16N4O. The van der Waals surface area contributed by atoms with E-state index in [4.69, 9.17) is 0 Å². The standard InChI is InChI=1S/C11H16N4O/c1-3-9(12-2)8-14-6-7-15-10(11(14)16)4-5-13-15/h4-7,9,12H,3,8H2,1-2H3. The summed E-state index contributed by atoms with van der Waals surface area (Å²) in [5, 5.41) is 7.21. The van der Waals surface area contributed by atoms with Gasteiger partial charge in [0.25, 0.3) is 5.56 Å². The molecule has 0 aliphatic heterocycles. The smallest absolute Gasteiger partial charge is 0.276 e. The summed E-state index contributed by atoms with van der Waals surface area (Å²) >= 11 is 0. The SMILES string of the molecule is CCC(Cn1ccn2nccc2c1=O)NC. The molecule has 5 nitrogen and oxygen atoms in total. The van der Waals surface area contributed by atoms with Gasteiger partial charge in [-0.1, -0.05) is 6.92 Å². The lowest BCUT2D eigenvalue weighted by Gasteiger charge is -2.15. The molecule has 0 bridgehead atoms. The van der Waals surface area contributed by atoms with Gasteiger partial charge in [0.2, 0.25) is 0 Å². The Balaban J connectivity index is 2.37. The third-order valence-electron chi connectivity index (χ3n) is 2.86. The molecule has 2 aromatic rings. The second-order valence-corrected chi connectivity index (χ2v) is 3.81. The minimum atomic E-state index is 0.00806. The first kappa shape index (κ1) is 10.9. The van der Waals surface area contributed by atoms with Crippen molar-refractivity contribution in [3.05, 3.63) is 35.0 Å². The highest BCUT2D eigenvalue weighted by atomic mass is 16.1. The number of nitrogens with zero attached hydrogens (tertiary/aromatic N) is 3. The van der Waals surface area contributed by atoms with Gasteiger partial charge in [0.1, 0.15) is 5.52 Å². The van der Waals surface area contributed by atoms with Gasteiger partial charge in [-0.05, 0) is 19.5 Å². The van der Waals surface area contributed by atoms with Gasteiger partial charge < -0.3 is 9.88 Å². The van der Waals surface area contributed by atoms with Crippen molar-refractivity contribution in [1.82, 2.24) is 19.5 Å². The summed E-state index contributed by atoms with van der Waals surface area (Å²) < 4.78 is 3.32. The highest BCUT2D eigenvalue weighted by Gasteiger charge is 2.07. The fourth-order valence-electron chi connectivity index (χ4n) is 1.77. The van der Waals surface area contributed by atoms with E-state index in [1.807, 2.05) is 7.05 Å². The van der Waals surface area contributed by atoms with Crippen LogP contribution in [0.3, 0.4) is 0 Å². The Morgan fingerprint density at radius 2 is 2.31 bits per heavy atom. The van der Waals surface area contributed by atoms with Crippen molar-refractivity contribution in [3.63, 3.8) is 0 Å². The first-order valence-electron chi connectivity index (χ1n) is 5.46. The Morgan fingerprint density at radius 1 is 1.50 bits per heavy atom. The Hall–Kier alpha value is -1.62. The minimum absolute atomic E-state index is 0.00806. The maximum atomic E-state index is 12.0. The van der Waals surface area contributed by atoms with Crippen LogP contribution in [-0.2, 0) is 6.54 Å². The van der Waals surface area contributed by atoms with E-state index in [-0.39, 0.29) is 5.56 Å². The molecule has 1 atom stereocenters. The molecule has 1 N–H and O–H groups in total. The summed E-state index contributed by atoms with van der Waals surface area (Å²) in [6.07, 6.45) is 6.21. The van der Waals surface area contributed by atoms with E-state index in [2.05, 4.69) is 17.3 Å². The third kappa shape index (κ3) is 1.86. The number of aromatic nitrogens is 3. The predicted octanol–water partition coefficient (Wildman–Crippen LogP) is 0.494. The van der Waals surface area contributed by atoms with Crippen LogP contribution in [0, 0.1) is 0 Å². The van der Waals surface area contributed by atoms with Gasteiger partial charge >= 0.3 is 0 Å². The number of hydrogen-bond acceptors (Lipinski definition) is 3. The van der Waals surface area contributed by atoms with Crippen LogP contribution in [0.5, 0.6) is 0 Å². The zero-order valence-corrected chi connectivity index (χ0v) is 9.55. The number of fused-ring (bicyclic) bond motifs is 1. The summed E-state index contributed by atoms with van der Waals surface area (Å²) in [6.45, 7) is 2.79. The Kier molecular flexibility index (Phi) is 3.05. The highest BCUT2D eigenvalue weighted by molar-refractivity contribution is 5.42. The highest BCUT2D eigenvalue weighted by Crippen LogP contribution is 1.97.